The Kier molecular flexibility index (Phi) is 5.33. The molecule has 0 radical (unpaired) electrons. The summed E-state index contributed by atoms with van der Waals surface area (Å²) in [6.45, 7) is 6.81. The van der Waals surface area contributed by atoms with Gasteiger partial charge in [0.05, 0.1) is 12.8 Å². The maximum atomic E-state index is 5.51. The summed E-state index contributed by atoms with van der Waals surface area (Å²) in [5, 5.41) is 3.68. The minimum absolute atomic E-state index is 0.470. The smallest absolute Gasteiger partial charge is 0.143 e. The summed E-state index contributed by atoms with van der Waals surface area (Å²) in [7, 11) is 3.93. The van der Waals surface area contributed by atoms with Crippen molar-refractivity contribution in [2.75, 3.05) is 32.6 Å². The molecule has 1 aromatic carbocycles. The number of hydrogen-bond donors (Lipinski definition) is 1. The number of benzene rings is 1. The van der Waals surface area contributed by atoms with Crippen molar-refractivity contribution in [2.45, 2.75) is 32.7 Å². The molecule has 1 saturated heterocycles. The second-order valence-electron chi connectivity index (χ2n) is 5.87. The first-order valence-corrected chi connectivity index (χ1v) is 8.09. The first-order valence-electron chi connectivity index (χ1n) is 7.30. The molecular formula is C16H25BrN2O. The number of hydrogen-bond acceptors (Lipinski definition) is 3. The van der Waals surface area contributed by atoms with Crippen LogP contribution in [0.25, 0.3) is 0 Å². The fourth-order valence-corrected chi connectivity index (χ4v) is 3.48. The number of piperidine rings is 1. The summed E-state index contributed by atoms with van der Waals surface area (Å²) in [6, 6.07) is 4.63. The molecule has 1 aliphatic rings. The molecule has 0 spiro atoms. The van der Waals surface area contributed by atoms with E-state index in [0.29, 0.717) is 6.04 Å². The van der Waals surface area contributed by atoms with E-state index in [0.717, 1.165) is 21.8 Å². The summed E-state index contributed by atoms with van der Waals surface area (Å²) in [4.78, 5) is 2.41. The predicted molar refractivity (Wildman–Crippen MR) is 88.7 cm³/mol. The minimum Gasteiger partial charge on any atom is -0.495 e. The van der Waals surface area contributed by atoms with Gasteiger partial charge in [0.2, 0.25) is 0 Å². The average molecular weight is 341 g/mol. The lowest BCUT2D eigenvalue weighted by Gasteiger charge is -2.34. The van der Waals surface area contributed by atoms with Crippen LogP contribution in [-0.4, -0.2) is 38.2 Å². The van der Waals surface area contributed by atoms with Crippen LogP contribution in [0.5, 0.6) is 5.75 Å². The van der Waals surface area contributed by atoms with Gasteiger partial charge in [0.25, 0.3) is 0 Å². The van der Waals surface area contributed by atoms with Crippen LogP contribution in [0.4, 0.5) is 5.69 Å². The van der Waals surface area contributed by atoms with Crippen LogP contribution >= 0.6 is 15.9 Å². The van der Waals surface area contributed by atoms with Gasteiger partial charge in [-0.15, -0.1) is 0 Å². The number of halogens is 1. The average Bonchev–Trinajstić information content (AvgIpc) is 2.42. The van der Waals surface area contributed by atoms with Gasteiger partial charge in [-0.2, -0.15) is 0 Å². The number of nitrogens with one attached hydrogen (secondary N) is 1. The zero-order valence-electron chi connectivity index (χ0n) is 12.9. The van der Waals surface area contributed by atoms with E-state index in [4.69, 9.17) is 4.74 Å². The molecule has 1 aliphatic heterocycles. The molecule has 2 rings (SSSR count). The largest absolute Gasteiger partial charge is 0.495 e. The van der Waals surface area contributed by atoms with E-state index in [1.54, 1.807) is 7.11 Å². The highest BCUT2D eigenvalue weighted by atomic mass is 79.9. The molecular weight excluding hydrogens is 316 g/mol. The van der Waals surface area contributed by atoms with Gasteiger partial charge in [0, 0.05) is 10.5 Å². The zero-order valence-corrected chi connectivity index (χ0v) is 14.5. The Bertz CT molecular complexity index is 456. The van der Waals surface area contributed by atoms with Crippen molar-refractivity contribution in [1.29, 1.82) is 0 Å². The van der Waals surface area contributed by atoms with Crippen LogP contribution < -0.4 is 10.1 Å². The topological polar surface area (TPSA) is 24.5 Å². The summed E-state index contributed by atoms with van der Waals surface area (Å²) in [5.74, 6) is 1.65. The molecule has 1 fully saturated rings. The van der Waals surface area contributed by atoms with Gasteiger partial charge in [-0.25, -0.2) is 0 Å². The van der Waals surface area contributed by atoms with Gasteiger partial charge in [-0.05, 0) is 70.4 Å². The summed E-state index contributed by atoms with van der Waals surface area (Å²) < 4.78 is 6.57. The molecule has 1 aromatic rings. The van der Waals surface area contributed by atoms with Gasteiger partial charge >= 0.3 is 0 Å². The number of ether oxygens (including phenoxy) is 1. The third kappa shape index (κ3) is 3.67. The minimum atomic E-state index is 0.470. The highest BCUT2D eigenvalue weighted by molar-refractivity contribution is 9.10. The van der Waals surface area contributed by atoms with Crippen LogP contribution in [0.3, 0.4) is 0 Å². The van der Waals surface area contributed by atoms with Crippen molar-refractivity contribution in [3.8, 4) is 5.75 Å². The molecule has 3 nitrogen and oxygen atoms in total. The van der Waals surface area contributed by atoms with Gasteiger partial charge in [0.1, 0.15) is 5.75 Å². The summed E-state index contributed by atoms with van der Waals surface area (Å²) >= 11 is 3.52. The van der Waals surface area contributed by atoms with Crippen LogP contribution in [0.1, 0.15) is 25.3 Å². The lowest BCUT2D eigenvalue weighted by Crippen LogP contribution is -2.37. The van der Waals surface area contributed by atoms with Crippen molar-refractivity contribution in [1.82, 2.24) is 4.90 Å². The summed E-state index contributed by atoms with van der Waals surface area (Å²) in [6.07, 6.45) is 2.53. The number of aryl methyl sites for hydroxylation is 1. The van der Waals surface area contributed by atoms with Crippen molar-refractivity contribution in [3.05, 3.63) is 22.2 Å². The first-order chi connectivity index (χ1) is 9.51. The Morgan fingerprint density at radius 1 is 1.35 bits per heavy atom. The van der Waals surface area contributed by atoms with E-state index in [1.165, 1.54) is 31.5 Å². The Morgan fingerprint density at radius 3 is 2.60 bits per heavy atom. The van der Waals surface area contributed by atoms with Crippen molar-refractivity contribution >= 4 is 21.6 Å². The van der Waals surface area contributed by atoms with Crippen molar-refractivity contribution in [2.24, 2.45) is 5.92 Å². The molecule has 1 atom stereocenters. The lowest BCUT2D eigenvalue weighted by molar-refractivity contribution is 0.208. The maximum absolute atomic E-state index is 5.51. The highest BCUT2D eigenvalue weighted by Crippen LogP contribution is 2.34. The van der Waals surface area contributed by atoms with Crippen molar-refractivity contribution < 1.29 is 4.74 Å². The fraction of sp³-hybridized carbons (Fsp3) is 0.625. The molecule has 0 aromatic heterocycles. The second-order valence-corrected chi connectivity index (χ2v) is 6.79. The number of nitrogens with zero attached hydrogens (tertiary/aromatic N) is 1. The Labute approximate surface area is 130 Å². The summed E-state index contributed by atoms with van der Waals surface area (Å²) in [5.41, 5.74) is 2.35. The molecule has 1 heterocycles. The lowest BCUT2D eigenvalue weighted by atomic mass is 9.90. The SMILES string of the molecule is COc1cc(Br)cc(C)c1NC(C)C1CCN(C)CC1. The van der Waals surface area contributed by atoms with E-state index in [2.05, 4.69) is 53.1 Å². The van der Waals surface area contributed by atoms with Gasteiger partial charge in [-0.1, -0.05) is 15.9 Å². The maximum Gasteiger partial charge on any atom is 0.143 e. The van der Waals surface area contributed by atoms with E-state index in [-0.39, 0.29) is 0 Å². The quantitative estimate of drug-likeness (QED) is 0.899. The molecule has 1 unspecified atom stereocenters. The van der Waals surface area contributed by atoms with E-state index < -0.39 is 0 Å². The van der Waals surface area contributed by atoms with Crippen molar-refractivity contribution in [3.63, 3.8) is 0 Å². The fourth-order valence-electron chi connectivity index (χ4n) is 2.93. The molecule has 1 N–H and O–H groups in total. The van der Waals surface area contributed by atoms with E-state index in [9.17, 15) is 0 Å². The van der Waals surface area contributed by atoms with Gasteiger partial charge < -0.3 is 15.0 Å². The van der Waals surface area contributed by atoms with Crippen LogP contribution in [0, 0.1) is 12.8 Å². The third-order valence-electron chi connectivity index (χ3n) is 4.33. The number of likely N-dealkylation sites (tertiary alicyclic amines) is 1. The standard InChI is InChI=1S/C16H25BrN2O/c1-11-9-14(17)10-15(20-4)16(11)18-12(2)13-5-7-19(3)8-6-13/h9-10,12-13,18H,5-8H2,1-4H3. The van der Waals surface area contributed by atoms with E-state index >= 15 is 0 Å². The van der Waals surface area contributed by atoms with Gasteiger partial charge in [-0.3, -0.25) is 0 Å². The highest BCUT2D eigenvalue weighted by Gasteiger charge is 2.23. The molecule has 20 heavy (non-hydrogen) atoms. The second kappa shape index (κ2) is 6.81. The Morgan fingerprint density at radius 2 is 2.00 bits per heavy atom. The van der Waals surface area contributed by atoms with Crippen LogP contribution in [-0.2, 0) is 0 Å². The first kappa shape index (κ1) is 15.6. The predicted octanol–water partition coefficient (Wildman–Crippen LogP) is 3.91. The van der Waals surface area contributed by atoms with Crippen LogP contribution in [0.15, 0.2) is 16.6 Å². The molecule has 4 heteroatoms. The molecule has 0 bridgehead atoms. The number of anilines is 1. The van der Waals surface area contributed by atoms with E-state index in [1.807, 2.05) is 6.07 Å². The molecule has 0 amide bonds. The zero-order chi connectivity index (χ0) is 14.7. The number of rotatable bonds is 4. The Balaban J connectivity index is 2.09. The monoisotopic (exact) mass is 340 g/mol. The molecule has 0 aliphatic carbocycles. The number of methoxy groups -OCH3 is 1. The Hall–Kier alpha value is -0.740. The van der Waals surface area contributed by atoms with Crippen LogP contribution in [0.2, 0.25) is 0 Å². The normalized spacial score (nSPS) is 18.9. The molecule has 0 saturated carbocycles. The third-order valence-corrected chi connectivity index (χ3v) is 4.78. The van der Waals surface area contributed by atoms with Gasteiger partial charge in [0.15, 0.2) is 0 Å². The molecule has 112 valence electrons.